The number of fused-ring (bicyclic) bond motifs is 2. The normalized spacial score (nSPS) is 15.8. The smallest absolute Gasteiger partial charge is 0.320 e. The van der Waals surface area contributed by atoms with Crippen molar-refractivity contribution < 1.29 is 42.8 Å². The molecule has 0 saturated heterocycles. The number of hydrogen-bond donors (Lipinski definition) is 3. The Hall–Kier alpha value is -4.10. The lowest BCUT2D eigenvalue weighted by atomic mass is 9.92. The predicted octanol–water partition coefficient (Wildman–Crippen LogP) is 4.93. The van der Waals surface area contributed by atoms with Crippen LogP contribution in [-0.2, 0) is 49.5 Å². The maximum atomic E-state index is 14.5. The van der Waals surface area contributed by atoms with E-state index in [2.05, 4.69) is 43.0 Å². The van der Waals surface area contributed by atoms with Crippen LogP contribution in [0.2, 0.25) is 0 Å². The molecule has 0 radical (unpaired) electrons. The number of para-hydroxylation sites is 1. The van der Waals surface area contributed by atoms with Gasteiger partial charge < -0.3 is 29.8 Å². The summed E-state index contributed by atoms with van der Waals surface area (Å²) in [7, 11) is -1.52. The van der Waals surface area contributed by atoms with Gasteiger partial charge in [-0.2, -0.15) is 4.37 Å². The third-order valence-electron chi connectivity index (χ3n) is 8.52. The summed E-state index contributed by atoms with van der Waals surface area (Å²) >= 11 is 6.92. The molecule has 3 heterocycles. The first-order valence-corrected chi connectivity index (χ1v) is 21.0. The Morgan fingerprint density at radius 1 is 1.29 bits per heavy atom. The SMILES string of the molecule is C#CCN1C(=O)COc2cc(F)c(/N=c3\snc4n3CC(C)(C)C4)cc21.CCc1cccc(CC)c1N(COC)C(=O)CCl.CP(=O)(O)CCC(N)C(=O)O. The van der Waals surface area contributed by atoms with Gasteiger partial charge in [-0.25, -0.2) is 9.38 Å². The number of nitrogens with two attached hydrogens (primary N) is 1. The van der Waals surface area contributed by atoms with Gasteiger partial charge in [-0.1, -0.05) is 51.8 Å². The Morgan fingerprint density at radius 3 is 2.49 bits per heavy atom. The topological polar surface area (TPSA) is 190 Å². The standard InChI is InChI=1S/C18H17FN4O2S.C14H20ClNO2.C5H12NO4P/c1-4-5-22-13-7-12(11(19)6-14(13)25-9-16(22)24)20-17-23-10-18(2,3)8-15(23)21-26-17;1-4-11-7-6-8-12(5-2)14(11)16(10-18-3)13(17)9-15;1-11(9,10)3-2-4(6)5(7)8/h1,6-7H,5,8-10H2,2-3H3;6-8H,4-5,9-10H2,1-3H3;4H,2-3,6H2,1H3,(H,7,8)(H,9,10)/b20-17-;;. The minimum Gasteiger partial charge on any atom is -0.481 e. The fourth-order valence-electron chi connectivity index (χ4n) is 5.77. The van der Waals surface area contributed by atoms with Crippen molar-refractivity contribution in [1.82, 2.24) is 8.94 Å². The summed E-state index contributed by atoms with van der Waals surface area (Å²) in [6.45, 7) is 10.6. The van der Waals surface area contributed by atoms with Gasteiger partial charge in [-0.05, 0) is 41.9 Å². The molecule has 18 heteroatoms. The molecule has 0 fully saturated rings. The molecule has 0 spiro atoms. The zero-order chi connectivity index (χ0) is 41.1. The summed E-state index contributed by atoms with van der Waals surface area (Å²) in [4.78, 5) is 51.0. The average Bonchev–Trinajstić information content (AvgIpc) is 3.65. The molecule has 5 rings (SSSR count). The van der Waals surface area contributed by atoms with Crippen LogP contribution < -0.4 is 25.1 Å². The lowest BCUT2D eigenvalue weighted by molar-refractivity contribution is -0.138. The summed E-state index contributed by atoms with van der Waals surface area (Å²) in [6, 6.07) is 7.83. The van der Waals surface area contributed by atoms with Crippen LogP contribution in [-0.4, -0.2) is 88.5 Å². The van der Waals surface area contributed by atoms with E-state index in [1.165, 1.54) is 35.2 Å². The summed E-state index contributed by atoms with van der Waals surface area (Å²) in [5.74, 6) is 1.61. The minimum atomic E-state index is -3.10. The summed E-state index contributed by atoms with van der Waals surface area (Å²) in [5.41, 5.74) is 9.01. The number of carboxylic acids is 1. The fourth-order valence-corrected chi connectivity index (χ4v) is 7.43. The molecule has 14 nitrogen and oxygen atoms in total. The van der Waals surface area contributed by atoms with E-state index in [1.807, 2.05) is 22.8 Å². The number of carboxylic acid groups (broad SMARTS) is 1. The highest BCUT2D eigenvalue weighted by Gasteiger charge is 2.31. The van der Waals surface area contributed by atoms with E-state index in [9.17, 15) is 23.3 Å². The van der Waals surface area contributed by atoms with E-state index in [-0.39, 0.29) is 61.3 Å². The van der Waals surface area contributed by atoms with Crippen LogP contribution in [0.4, 0.5) is 21.5 Å². The number of anilines is 2. The highest BCUT2D eigenvalue weighted by molar-refractivity contribution is 7.57. The first kappa shape index (κ1) is 45.3. The van der Waals surface area contributed by atoms with E-state index in [1.54, 1.807) is 12.0 Å². The van der Waals surface area contributed by atoms with Gasteiger partial charge in [0.05, 0.1) is 17.9 Å². The second-order valence-corrected chi connectivity index (χ2v) is 17.2. The molecule has 300 valence electrons. The zero-order valence-electron chi connectivity index (χ0n) is 31.9. The Morgan fingerprint density at radius 2 is 1.95 bits per heavy atom. The maximum absolute atomic E-state index is 14.5. The molecule has 2 atom stereocenters. The number of hydrogen-bond acceptors (Lipinski definition) is 10. The number of carbonyl (C=O) groups excluding carboxylic acids is 2. The quantitative estimate of drug-likeness (QED) is 0.0978. The van der Waals surface area contributed by atoms with Crippen LogP contribution >= 0.6 is 30.5 Å². The van der Waals surface area contributed by atoms with E-state index in [0.29, 0.717) is 16.2 Å². The number of terminal acetylenes is 1. The molecule has 2 amide bonds. The van der Waals surface area contributed by atoms with Crippen molar-refractivity contribution >= 4 is 65.3 Å². The number of aliphatic carboxylic acids is 1. The van der Waals surface area contributed by atoms with Gasteiger partial charge in [0.15, 0.2) is 19.8 Å². The van der Waals surface area contributed by atoms with Crippen LogP contribution in [0.3, 0.4) is 0 Å². The summed E-state index contributed by atoms with van der Waals surface area (Å²) in [5, 5.41) is 8.28. The molecule has 0 bridgehead atoms. The number of ether oxygens (including phenoxy) is 2. The van der Waals surface area contributed by atoms with Crippen molar-refractivity contribution in [3.05, 3.63) is 57.9 Å². The van der Waals surface area contributed by atoms with Crippen LogP contribution in [0.1, 0.15) is 51.1 Å². The highest BCUT2D eigenvalue weighted by atomic mass is 35.5. The van der Waals surface area contributed by atoms with Crippen LogP contribution in [0, 0.1) is 23.6 Å². The maximum Gasteiger partial charge on any atom is 0.320 e. The van der Waals surface area contributed by atoms with E-state index in [4.69, 9.17) is 43.2 Å². The first-order valence-electron chi connectivity index (χ1n) is 17.4. The number of methoxy groups -OCH3 is 1. The molecular weight excluding hydrogens is 774 g/mol. The molecule has 1 aromatic heterocycles. The summed E-state index contributed by atoms with van der Waals surface area (Å²) < 4.78 is 42.1. The molecule has 3 aromatic rings. The van der Waals surface area contributed by atoms with Gasteiger partial charge in [0, 0.05) is 50.5 Å². The number of aryl methyl sites for hydroxylation is 2. The molecule has 0 aliphatic carbocycles. The summed E-state index contributed by atoms with van der Waals surface area (Å²) in [6.07, 6.45) is 7.96. The Labute approximate surface area is 329 Å². The van der Waals surface area contributed by atoms with Gasteiger partial charge >= 0.3 is 5.97 Å². The highest BCUT2D eigenvalue weighted by Crippen LogP contribution is 2.38. The third kappa shape index (κ3) is 12.4. The monoisotopic (exact) mass is 822 g/mol. The van der Waals surface area contributed by atoms with Gasteiger partial charge in [0.2, 0.25) is 10.7 Å². The van der Waals surface area contributed by atoms with Gasteiger partial charge in [-0.15, -0.1) is 18.0 Å². The zero-order valence-corrected chi connectivity index (χ0v) is 34.3. The number of nitrogens with zero attached hydrogens (tertiary/aromatic N) is 5. The van der Waals surface area contributed by atoms with Crippen LogP contribution in [0.5, 0.6) is 5.75 Å². The largest absolute Gasteiger partial charge is 0.481 e. The van der Waals surface area contributed by atoms with Crippen LogP contribution in [0.25, 0.3) is 0 Å². The van der Waals surface area contributed by atoms with Crippen molar-refractivity contribution in [2.75, 3.05) is 55.5 Å². The van der Waals surface area contributed by atoms with E-state index < -0.39 is 25.2 Å². The number of benzene rings is 2. The molecule has 2 aliphatic heterocycles. The number of halogens is 2. The van der Waals surface area contributed by atoms with Crippen LogP contribution in [0.15, 0.2) is 35.3 Å². The van der Waals surface area contributed by atoms with Crippen molar-refractivity contribution in [2.45, 2.75) is 66.0 Å². The molecule has 2 unspecified atom stereocenters. The lowest BCUT2D eigenvalue weighted by Gasteiger charge is -2.28. The number of rotatable bonds is 12. The molecule has 2 aliphatic rings. The lowest BCUT2D eigenvalue weighted by Crippen LogP contribution is -2.39. The minimum absolute atomic E-state index is 0.0371. The molecule has 4 N–H and O–H groups in total. The molecule has 0 saturated carbocycles. The molecular formula is C37H49ClFN6O8PS. The van der Waals surface area contributed by atoms with E-state index in [0.717, 1.165) is 48.4 Å². The second kappa shape index (κ2) is 20.2. The second-order valence-electron chi connectivity index (χ2n) is 13.7. The van der Waals surface area contributed by atoms with Crippen molar-refractivity contribution in [3.63, 3.8) is 0 Å². The number of aromatic nitrogens is 2. The molecule has 55 heavy (non-hydrogen) atoms. The predicted molar refractivity (Wildman–Crippen MR) is 212 cm³/mol. The van der Waals surface area contributed by atoms with Gasteiger partial charge in [-0.3, -0.25) is 28.7 Å². The third-order valence-corrected chi connectivity index (χ3v) is 10.6. The fraction of sp³-hybridized carbons (Fsp3) is 0.486. The number of amides is 2. The van der Waals surface area contributed by atoms with E-state index >= 15 is 0 Å². The number of carbonyl (C=O) groups is 3. The van der Waals surface area contributed by atoms with Gasteiger partial charge in [0.25, 0.3) is 5.91 Å². The van der Waals surface area contributed by atoms with Crippen molar-refractivity contribution in [1.29, 1.82) is 0 Å². The van der Waals surface area contributed by atoms with Gasteiger partial charge in [0.1, 0.15) is 35.9 Å². The first-order chi connectivity index (χ1) is 25.9. The Balaban J connectivity index is 0.000000244. The molecule has 2 aromatic carbocycles. The Bertz CT molecular complexity index is 1990. The Kier molecular flexibility index (Phi) is 16.6. The average molecular weight is 823 g/mol. The number of alkyl halides is 1. The van der Waals surface area contributed by atoms with Crippen molar-refractivity contribution in [2.24, 2.45) is 16.1 Å². The van der Waals surface area contributed by atoms with Crippen molar-refractivity contribution in [3.8, 4) is 18.1 Å².